The monoisotopic (exact) mass is 341 g/mol. The van der Waals surface area contributed by atoms with E-state index in [1.165, 1.54) is 17.3 Å². The summed E-state index contributed by atoms with van der Waals surface area (Å²) in [4.78, 5) is 1.13. The second kappa shape index (κ2) is 7.07. The van der Waals surface area contributed by atoms with Crippen LogP contribution in [0.3, 0.4) is 0 Å². The second-order valence-electron chi connectivity index (χ2n) is 4.12. The molecular formula is C13H16BrN3OS. The number of benzene rings is 1. The minimum atomic E-state index is 0.576. The minimum Gasteiger partial charge on any atom is -0.416 e. The van der Waals surface area contributed by atoms with Gasteiger partial charge in [-0.2, -0.15) is 0 Å². The number of halogens is 1. The van der Waals surface area contributed by atoms with Crippen molar-refractivity contribution in [3.63, 3.8) is 0 Å². The van der Waals surface area contributed by atoms with Crippen LogP contribution < -0.4 is 5.32 Å². The normalized spacial score (nSPS) is 10.9. The number of nitrogens with zero attached hydrogens (tertiary/aromatic N) is 2. The van der Waals surface area contributed by atoms with Crippen LogP contribution in [-0.4, -0.2) is 16.7 Å². The summed E-state index contributed by atoms with van der Waals surface area (Å²) >= 11 is 4.99. The van der Waals surface area contributed by atoms with Gasteiger partial charge in [-0.3, -0.25) is 0 Å². The van der Waals surface area contributed by atoms with Crippen molar-refractivity contribution in [1.82, 2.24) is 15.5 Å². The van der Waals surface area contributed by atoms with Crippen LogP contribution >= 0.6 is 27.7 Å². The molecule has 2 rings (SSSR count). The lowest BCUT2D eigenvalue weighted by Gasteiger charge is -2.09. The molecule has 0 spiro atoms. The van der Waals surface area contributed by atoms with Crippen LogP contribution in [0.15, 0.2) is 37.2 Å². The Labute approximate surface area is 125 Å². The Morgan fingerprint density at radius 3 is 2.89 bits per heavy atom. The van der Waals surface area contributed by atoms with Crippen LogP contribution in [0.25, 0.3) is 0 Å². The van der Waals surface area contributed by atoms with Crippen molar-refractivity contribution in [3.05, 3.63) is 34.1 Å². The van der Waals surface area contributed by atoms with Crippen LogP contribution in [0.4, 0.5) is 0 Å². The average Bonchev–Trinajstić information content (AvgIpc) is 2.78. The van der Waals surface area contributed by atoms with Crippen molar-refractivity contribution in [2.45, 2.75) is 36.9 Å². The molecule has 0 saturated carbocycles. The number of rotatable bonds is 6. The molecule has 0 amide bonds. The number of aromatic nitrogens is 2. The fraction of sp³-hybridized carbons (Fsp3) is 0.385. The van der Waals surface area contributed by atoms with Gasteiger partial charge in [0.15, 0.2) is 0 Å². The Bertz CT molecular complexity index is 544. The molecule has 2 aromatic rings. The molecule has 0 saturated heterocycles. The molecule has 0 unspecified atom stereocenters. The maximum absolute atomic E-state index is 5.41. The third-order valence-electron chi connectivity index (χ3n) is 2.48. The van der Waals surface area contributed by atoms with Crippen molar-refractivity contribution in [2.24, 2.45) is 0 Å². The van der Waals surface area contributed by atoms with Crippen molar-refractivity contribution in [1.29, 1.82) is 0 Å². The molecule has 0 radical (unpaired) electrons. The quantitative estimate of drug-likeness (QED) is 0.810. The van der Waals surface area contributed by atoms with Crippen LogP contribution in [-0.2, 0) is 6.54 Å². The predicted molar refractivity (Wildman–Crippen MR) is 79.3 cm³/mol. The molecule has 0 bridgehead atoms. The summed E-state index contributed by atoms with van der Waals surface area (Å²) in [7, 11) is 0. The first-order valence-electron chi connectivity index (χ1n) is 6.16. The highest BCUT2D eigenvalue weighted by Gasteiger charge is 2.09. The van der Waals surface area contributed by atoms with Gasteiger partial charge in [0.25, 0.3) is 5.22 Å². The third kappa shape index (κ3) is 4.33. The molecule has 0 aliphatic carbocycles. The van der Waals surface area contributed by atoms with Crippen molar-refractivity contribution in [2.75, 3.05) is 6.54 Å². The summed E-state index contributed by atoms with van der Waals surface area (Å²) < 4.78 is 6.46. The molecule has 102 valence electrons. The summed E-state index contributed by atoms with van der Waals surface area (Å²) in [5.74, 6) is 0.586. The third-order valence-corrected chi connectivity index (χ3v) is 3.91. The summed E-state index contributed by atoms with van der Waals surface area (Å²) in [5.41, 5.74) is 1.23. The summed E-state index contributed by atoms with van der Waals surface area (Å²) in [5, 5.41) is 11.8. The lowest BCUT2D eigenvalue weighted by Crippen LogP contribution is -2.14. The zero-order chi connectivity index (χ0) is 13.7. The van der Waals surface area contributed by atoms with Gasteiger partial charge in [0, 0.05) is 22.8 Å². The molecule has 0 aliphatic rings. The molecule has 1 aromatic heterocycles. The van der Waals surface area contributed by atoms with Gasteiger partial charge >= 0.3 is 0 Å². The highest BCUT2D eigenvalue weighted by Crippen LogP contribution is 2.31. The zero-order valence-corrected chi connectivity index (χ0v) is 13.3. The van der Waals surface area contributed by atoms with Crippen LogP contribution in [0, 0.1) is 6.92 Å². The van der Waals surface area contributed by atoms with Crippen LogP contribution in [0.5, 0.6) is 0 Å². The van der Waals surface area contributed by atoms with E-state index >= 15 is 0 Å². The molecule has 1 aromatic carbocycles. The van der Waals surface area contributed by atoms with Gasteiger partial charge in [-0.25, -0.2) is 0 Å². The van der Waals surface area contributed by atoms with Gasteiger partial charge in [0.1, 0.15) is 0 Å². The van der Waals surface area contributed by atoms with Gasteiger partial charge < -0.3 is 9.73 Å². The Kier molecular flexibility index (Phi) is 5.42. The van der Waals surface area contributed by atoms with Crippen molar-refractivity contribution >= 4 is 27.7 Å². The van der Waals surface area contributed by atoms with E-state index in [0.29, 0.717) is 11.1 Å². The molecule has 6 heteroatoms. The largest absolute Gasteiger partial charge is 0.416 e. The van der Waals surface area contributed by atoms with Crippen molar-refractivity contribution < 1.29 is 4.42 Å². The first-order chi connectivity index (χ1) is 9.19. The maximum Gasteiger partial charge on any atom is 0.281 e. The first kappa shape index (κ1) is 14.6. The molecule has 1 N–H and O–H groups in total. The standard InChI is InChI=1S/C13H16BrN3OS/c1-3-6-15-8-10-4-5-11(14)7-12(10)19-13-17-16-9(2)18-13/h4-5,7,15H,3,6,8H2,1-2H3. The summed E-state index contributed by atoms with van der Waals surface area (Å²) in [6.45, 7) is 5.81. The van der Waals surface area contributed by atoms with Crippen LogP contribution in [0.2, 0.25) is 0 Å². The molecule has 0 fully saturated rings. The van der Waals surface area contributed by atoms with Gasteiger partial charge in [-0.1, -0.05) is 28.9 Å². The van der Waals surface area contributed by atoms with Gasteiger partial charge in [-0.15, -0.1) is 10.2 Å². The zero-order valence-electron chi connectivity index (χ0n) is 10.9. The van der Waals surface area contributed by atoms with Crippen molar-refractivity contribution in [3.8, 4) is 0 Å². The Morgan fingerprint density at radius 1 is 1.37 bits per heavy atom. The van der Waals surface area contributed by atoms with Gasteiger partial charge in [-0.05, 0) is 42.4 Å². The van der Waals surface area contributed by atoms with E-state index in [4.69, 9.17) is 4.42 Å². The van der Waals surface area contributed by atoms with E-state index in [1.54, 1.807) is 6.92 Å². The van der Waals surface area contributed by atoms with Crippen LogP contribution in [0.1, 0.15) is 24.8 Å². The number of hydrogen-bond acceptors (Lipinski definition) is 5. The van der Waals surface area contributed by atoms with E-state index in [1.807, 2.05) is 6.07 Å². The molecule has 1 heterocycles. The molecule has 0 aliphatic heterocycles. The minimum absolute atomic E-state index is 0.576. The second-order valence-corrected chi connectivity index (χ2v) is 6.03. The number of nitrogens with one attached hydrogen (secondary N) is 1. The van der Waals surface area contributed by atoms with E-state index in [2.05, 4.69) is 50.5 Å². The highest BCUT2D eigenvalue weighted by molar-refractivity contribution is 9.10. The lowest BCUT2D eigenvalue weighted by molar-refractivity contribution is 0.429. The SMILES string of the molecule is CCCNCc1ccc(Br)cc1Sc1nnc(C)o1. The summed E-state index contributed by atoms with van der Waals surface area (Å²) in [6, 6.07) is 6.23. The Morgan fingerprint density at radius 2 is 2.21 bits per heavy atom. The molecule has 19 heavy (non-hydrogen) atoms. The maximum atomic E-state index is 5.41. The Balaban J connectivity index is 2.14. The fourth-order valence-electron chi connectivity index (χ4n) is 1.58. The summed E-state index contributed by atoms with van der Waals surface area (Å²) in [6.07, 6.45) is 1.13. The van der Waals surface area contributed by atoms with Gasteiger partial charge in [0.2, 0.25) is 5.89 Å². The fourth-order valence-corrected chi connectivity index (χ4v) is 2.98. The van der Waals surface area contributed by atoms with Gasteiger partial charge in [0.05, 0.1) is 0 Å². The lowest BCUT2D eigenvalue weighted by atomic mass is 10.2. The van der Waals surface area contributed by atoms with E-state index < -0.39 is 0 Å². The average molecular weight is 342 g/mol. The molecule has 4 nitrogen and oxygen atoms in total. The molecule has 0 atom stereocenters. The highest BCUT2D eigenvalue weighted by atomic mass is 79.9. The first-order valence-corrected chi connectivity index (χ1v) is 7.77. The topological polar surface area (TPSA) is 51.0 Å². The van der Waals surface area contributed by atoms with E-state index in [9.17, 15) is 0 Å². The van der Waals surface area contributed by atoms with E-state index in [0.717, 1.165) is 28.9 Å². The number of aryl methyl sites for hydroxylation is 1. The van der Waals surface area contributed by atoms with E-state index in [-0.39, 0.29) is 0 Å². The number of hydrogen-bond donors (Lipinski definition) is 1. The smallest absolute Gasteiger partial charge is 0.281 e. The predicted octanol–water partition coefficient (Wildman–Crippen LogP) is 3.79. The Hall–Kier alpha value is -0.850. The molecular weight excluding hydrogens is 326 g/mol.